The second-order valence-corrected chi connectivity index (χ2v) is 5.14. The predicted molar refractivity (Wildman–Crippen MR) is 66.6 cm³/mol. The number of ether oxygens (including phenoxy) is 2. The number of likely N-dealkylation sites (N-methyl/N-ethyl adjacent to an activating group) is 1. The molecular weight excluding hydrogens is 250 g/mol. The molecule has 1 N–H and O–H groups in total. The Hall–Kier alpha value is -1.14. The van der Waals surface area contributed by atoms with E-state index in [0.717, 1.165) is 0 Å². The standard InChI is InChI=1S/C13H21NO5/c1-3-14(11-7-18-6-10(11)13(16)17)12(15)9-4-5-19-8(9)2/h8-11H,3-7H2,1-2H3,(H,16,17). The Bertz CT molecular complexity index is 359. The maximum Gasteiger partial charge on any atom is 0.311 e. The molecule has 0 aliphatic carbocycles. The van der Waals surface area contributed by atoms with Crippen LogP contribution >= 0.6 is 0 Å². The van der Waals surface area contributed by atoms with Crippen LogP contribution < -0.4 is 0 Å². The van der Waals surface area contributed by atoms with Gasteiger partial charge in [0.1, 0.15) is 5.92 Å². The van der Waals surface area contributed by atoms with Gasteiger partial charge in [0, 0.05) is 13.2 Å². The molecule has 6 nitrogen and oxygen atoms in total. The Morgan fingerprint density at radius 3 is 2.58 bits per heavy atom. The van der Waals surface area contributed by atoms with Crippen molar-refractivity contribution in [3.8, 4) is 0 Å². The van der Waals surface area contributed by atoms with Gasteiger partial charge in [-0.1, -0.05) is 0 Å². The first-order valence-electron chi connectivity index (χ1n) is 6.78. The second-order valence-electron chi connectivity index (χ2n) is 5.14. The van der Waals surface area contributed by atoms with Gasteiger partial charge in [0.25, 0.3) is 0 Å². The van der Waals surface area contributed by atoms with E-state index in [2.05, 4.69) is 0 Å². The first-order valence-corrected chi connectivity index (χ1v) is 6.78. The van der Waals surface area contributed by atoms with Crippen molar-refractivity contribution in [1.82, 2.24) is 4.90 Å². The zero-order chi connectivity index (χ0) is 14.0. The van der Waals surface area contributed by atoms with Gasteiger partial charge in [0.2, 0.25) is 5.91 Å². The summed E-state index contributed by atoms with van der Waals surface area (Å²) < 4.78 is 10.7. The smallest absolute Gasteiger partial charge is 0.311 e. The fraction of sp³-hybridized carbons (Fsp3) is 0.846. The van der Waals surface area contributed by atoms with Crippen LogP contribution in [0.15, 0.2) is 0 Å². The van der Waals surface area contributed by atoms with E-state index in [1.807, 2.05) is 13.8 Å². The minimum atomic E-state index is -0.899. The van der Waals surface area contributed by atoms with E-state index < -0.39 is 11.9 Å². The number of hydrogen-bond acceptors (Lipinski definition) is 4. The number of nitrogens with zero attached hydrogens (tertiary/aromatic N) is 1. The first kappa shape index (κ1) is 14.3. The molecule has 0 bridgehead atoms. The van der Waals surface area contributed by atoms with Gasteiger partial charge in [-0.15, -0.1) is 0 Å². The molecule has 0 spiro atoms. The molecule has 2 aliphatic heterocycles. The molecule has 4 atom stereocenters. The average molecular weight is 271 g/mol. The van der Waals surface area contributed by atoms with Crippen LogP contribution in [-0.2, 0) is 19.1 Å². The lowest BCUT2D eigenvalue weighted by atomic mass is 9.96. The van der Waals surface area contributed by atoms with Gasteiger partial charge in [-0.3, -0.25) is 9.59 Å². The molecule has 1 amide bonds. The van der Waals surface area contributed by atoms with Gasteiger partial charge in [0.05, 0.1) is 31.3 Å². The fourth-order valence-corrected chi connectivity index (χ4v) is 2.91. The molecule has 2 aliphatic rings. The number of rotatable bonds is 4. The van der Waals surface area contributed by atoms with Gasteiger partial charge in [-0.25, -0.2) is 0 Å². The topological polar surface area (TPSA) is 76.1 Å². The molecule has 19 heavy (non-hydrogen) atoms. The van der Waals surface area contributed by atoms with Crippen LogP contribution in [0.1, 0.15) is 20.3 Å². The molecular formula is C13H21NO5. The normalized spacial score (nSPS) is 34.4. The summed E-state index contributed by atoms with van der Waals surface area (Å²) in [4.78, 5) is 25.4. The number of hydrogen-bond donors (Lipinski definition) is 1. The highest BCUT2D eigenvalue weighted by molar-refractivity contribution is 5.81. The lowest BCUT2D eigenvalue weighted by Gasteiger charge is -2.32. The third-order valence-electron chi connectivity index (χ3n) is 4.09. The quantitative estimate of drug-likeness (QED) is 0.799. The van der Waals surface area contributed by atoms with Crippen LogP contribution in [-0.4, -0.2) is 60.4 Å². The van der Waals surface area contributed by atoms with Crippen molar-refractivity contribution < 1.29 is 24.2 Å². The summed E-state index contributed by atoms with van der Waals surface area (Å²) in [5, 5.41) is 9.18. The molecule has 0 aromatic heterocycles. The number of carbonyl (C=O) groups excluding carboxylic acids is 1. The highest BCUT2D eigenvalue weighted by Gasteiger charge is 2.42. The van der Waals surface area contributed by atoms with E-state index in [-0.39, 0.29) is 30.6 Å². The molecule has 2 fully saturated rings. The minimum Gasteiger partial charge on any atom is -0.481 e. The minimum absolute atomic E-state index is 0.00532. The predicted octanol–water partition coefficient (Wildman–Crippen LogP) is 0.360. The fourth-order valence-electron chi connectivity index (χ4n) is 2.91. The first-order chi connectivity index (χ1) is 9.06. The Morgan fingerprint density at radius 2 is 2.05 bits per heavy atom. The van der Waals surface area contributed by atoms with Crippen LogP contribution in [0.2, 0.25) is 0 Å². The van der Waals surface area contributed by atoms with E-state index in [0.29, 0.717) is 26.2 Å². The van der Waals surface area contributed by atoms with Gasteiger partial charge in [-0.2, -0.15) is 0 Å². The van der Waals surface area contributed by atoms with Gasteiger partial charge >= 0.3 is 5.97 Å². The van der Waals surface area contributed by atoms with E-state index >= 15 is 0 Å². The van der Waals surface area contributed by atoms with Crippen molar-refractivity contribution in [3.05, 3.63) is 0 Å². The number of aliphatic carboxylic acids is 1. The largest absolute Gasteiger partial charge is 0.481 e. The summed E-state index contributed by atoms with van der Waals surface area (Å²) in [6, 6.07) is -0.359. The lowest BCUT2D eigenvalue weighted by Crippen LogP contribution is -2.49. The van der Waals surface area contributed by atoms with Gasteiger partial charge < -0.3 is 19.5 Å². The van der Waals surface area contributed by atoms with E-state index in [1.54, 1.807) is 4.90 Å². The summed E-state index contributed by atoms with van der Waals surface area (Å²) in [5.74, 6) is -1.68. The highest BCUT2D eigenvalue weighted by atomic mass is 16.5. The third kappa shape index (κ3) is 2.74. The van der Waals surface area contributed by atoms with Crippen LogP contribution in [0.5, 0.6) is 0 Å². The van der Waals surface area contributed by atoms with Crippen LogP contribution in [0.25, 0.3) is 0 Å². The number of carboxylic acid groups (broad SMARTS) is 1. The number of carbonyl (C=O) groups is 2. The lowest BCUT2D eigenvalue weighted by molar-refractivity contribution is -0.146. The summed E-state index contributed by atoms with van der Waals surface area (Å²) in [5.41, 5.74) is 0. The van der Waals surface area contributed by atoms with Crippen molar-refractivity contribution >= 4 is 11.9 Å². The zero-order valence-corrected chi connectivity index (χ0v) is 11.4. The highest BCUT2D eigenvalue weighted by Crippen LogP contribution is 2.27. The summed E-state index contributed by atoms with van der Waals surface area (Å²) in [7, 11) is 0. The molecule has 2 saturated heterocycles. The summed E-state index contributed by atoms with van der Waals surface area (Å²) >= 11 is 0. The van der Waals surface area contributed by atoms with Crippen molar-refractivity contribution in [2.45, 2.75) is 32.4 Å². The molecule has 0 aromatic rings. The van der Waals surface area contributed by atoms with E-state index in [1.165, 1.54) is 0 Å². The number of carboxylic acids is 1. The van der Waals surface area contributed by atoms with Crippen molar-refractivity contribution in [2.24, 2.45) is 11.8 Å². The molecule has 6 heteroatoms. The molecule has 0 saturated carbocycles. The Morgan fingerprint density at radius 1 is 1.32 bits per heavy atom. The molecule has 2 rings (SSSR count). The zero-order valence-electron chi connectivity index (χ0n) is 11.4. The monoisotopic (exact) mass is 271 g/mol. The van der Waals surface area contributed by atoms with Crippen LogP contribution in [0.3, 0.4) is 0 Å². The van der Waals surface area contributed by atoms with E-state index in [9.17, 15) is 14.7 Å². The Balaban J connectivity index is 2.10. The van der Waals surface area contributed by atoms with E-state index in [4.69, 9.17) is 9.47 Å². The number of amides is 1. The van der Waals surface area contributed by atoms with Crippen molar-refractivity contribution in [2.75, 3.05) is 26.4 Å². The Labute approximate surface area is 112 Å². The van der Waals surface area contributed by atoms with Crippen LogP contribution in [0, 0.1) is 11.8 Å². The SMILES string of the molecule is CCN(C(=O)C1CCOC1C)C1COCC1C(=O)O. The van der Waals surface area contributed by atoms with Crippen molar-refractivity contribution in [3.63, 3.8) is 0 Å². The maximum atomic E-state index is 12.5. The molecule has 2 heterocycles. The van der Waals surface area contributed by atoms with Gasteiger partial charge in [0.15, 0.2) is 0 Å². The maximum absolute atomic E-state index is 12.5. The third-order valence-corrected chi connectivity index (χ3v) is 4.09. The summed E-state index contributed by atoms with van der Waals surface area (Å²) in [6.07, 6.45) is 0.620. The summed E-state index contributed by atoms with van der Waals surface area (Å²) in [6.45, 7) is 5.34. The molecule has 0 radical (unpaired) electrons. The van der Waals surface area contributed by atoms with Crippen LogP contribution in [0.4, 0.5) is 0 Å². The second kappa shape index (κ2) is 5.88. The average Bonchev–Trinajstić information content (AvgIpc) is 2.98. The molecule has 0 aromatic carbocycles. The van der Waals surface area contributed by atoms with Gasteiger partial charge in [-0.05, 0) is 20.3 Å². The van der Waals surface area contributed by atoms with Crippen molar-refractivity contribution in [1.29, 1.82) is 0 Å². The Kier molecular flexibility index (Phi) is 4.42. The molecule has 108 valence electrons. The molecule has 4 unspecified atom stereocenters.